The molecule has 90 valence electrons. The van der Waals surface area contributed by atoms with Crippen LogP contribution >= 0.6 is 0 Å². The second-order valence-corrected chi connectivity index (χ2v) is 4.44. The number of nitrogens with zero attached hydrogens (tertiary/aromatic N) is 2. The van der Waals surface area contributed by atoms with Crippen molar-refractivity contribution >= 4 is 17.7 Å². The van der Waals surface area contributed by atoms with Crippen LogP contribution in [0, 0.1) is 16.0 Å². The topological polar surface area (TPSA) is 63.4 Å². The molecule has 1 aromatic rings. The molecule has 0 unspecified atom stereocenters. The summed E-state index contributed by atoms with van der Waals surface area (Å²) in [6.45, 7) is 0.941. The molecule has 5 heteroatoms. The summed E-state index contributed by atoms with van der Waals surface area (Å²) in [4.78, 5) is 23.0. The Morgan fingerprint density at radius 3 is 2.76 bits per heavy atom. The Morgan fingerprint density at radius 2 is 2.24 bits per heavy atom. The first-order valence-electron chi connectivity index (χ1n) is 5.56. The Hall–Kier alpha value is -1.91. The summed E-state index contributed by atoms with van der Waals surface area (Å²) in [6, 6.07) is 4.66. The van der Waals surface area contributed by atoms with Gasteiger partial charge in [-0.2, -0.15) is 0 Å². The average molecular weight is 234 g/mol. The zero-order chi connectivity index (χ0) is 12.4. The van der Waals surface area contributed by atoms with Gasteiger partial charge in [0, 0.05) is 25.3 Å². The van der Waals surface area contributed by atoms with E-state index in [9.17, 15) is 14.9 Å². The van der Waals surface area contributed by atoms with E-state index in [0.29, 0.717) is 6.29 Å². The Labute approximate surface area is 99.2 Å². The summed E-state index contributed by atoms with van der Waals surface area (Å²) < 4.78 is 0. The van der Waals surface area contributed by atoms with Crippen LogP contribution in [0.5, 0.6) is 0 Å². The summed E-state index contributed by atoms with van der Waals surface area (Å²) >= 11 is 0. The van der Waals surface area contributed by atoms with Crippen LogP contribution in [0.15, 0.2) is 18.2 Å². The maximum atomic E-state index is 10.8. The second kappa shape index (κ2) is 4.53. The molecule has 0 spiro atoms. The normalized spacial score (nSPS) is 14.4. The number of aldehydes is 1. The number of nitro benzene ring substituents is 1. The molecule has 0 heterocycles. The molecule has 2 rings (SSSR count). The van der Waals surface area contributed by atoms with Gasteiger partial charge in [-0.05, 0) is 30.9 Å². The van der Waals surface area contributed by atoms with Crippen LogP contribution in [0.2, 0.25) is 0 Å². The highest BCUT2D eigenvalue weighted by Crippen LogP contribution is 2.31. The SMILES string of the molecule is CN(CC1CC1)c1ccc([N+](=O)[O-])c(C=O)c1. The smallest absolute Gasteiger partial charge is 0.280 e. The summed E-state index contributed by atoms with van der Waals surface area (Å²) in [5.74, 6) is 0.731. The van der Waals surface area contributed by atoms with Gasteiger partial charge in [0.25, 0.3) is 5.69 Å². The van der Waals surface area contributed by atoms with Gasteiger partial charge in [-0.1, -0.05) is 0 Å². The summed E-state index contributed by atoms with van der Waals surface area (Å²) in [5, 5.41) is 10.7. The number of benzene rings is 1. The quantitative estimate of drug-likeness (QED) is 0.445. The van der Waals surface area contributed by atoms with Gasteiger partial charge in [0.15, 0.2) is 6.29 Å². The molecule has 0 aromatic heterocycles. The van der Waals surface area contributed by atoms with E-state index in [1.807, 2.05) is 11.9 Å². The van der Waals surface area contributed by atoms with E-state index in [1.165, 1.54) is 18.9 Å². The van der Waals surface area contributed by atoms with Crippen molar-refractivity contribution in [3.05, 3.63) is 33.9 Å². The van der Waals surface area contributed by atoms with Crippen molar-refractivity contribution in [3.8, 4) is 0 Å². The van der Waals surface area contributed by atoms with E-state index >= 15 is 0 Å². The molecule has 1 fully saturated rings. The summed E-state index contributed by atoms with van der Waals surface area (Å²) in [7, 11) is 1.94. The monoisotopic (exact) mass is 234 g/mol. The zero-order valence-electron chi connectivity index (χ0n) is 9.63. The maximum absolute atomic E-state index is 10.8. The third-order valence-electron chi connectivity index (χ3n) is 3.00. The lowest BCUT2D eigenvalue weighted by Gasteiger charge is -2.19. The van der Waals surface area contributed by atoms with Crippen LogP contribution < -0.4 is 4.90 Å². The van der Waals surface area contributed by atoms with Gasteiger partial charge in [0.05, 0.1) is 10.5 Å². The highest BCUT2D eigenvalue weighted by Gasteiger charge is 2.23. The lowest BCUT2D eigenvalue weighted by Crippen LogP contribution is -2.20. The first kappa shape index (κ1) is 11.6. The van der Waals surface area contributed by atoms with Crippen LogP contribution in [0.3, 0.4) is 0 Å². The third-order valence-corrected chi connectivity index (χ3v) is 3.00. The molecular formula is C12H14N2O3. The third kappa shape index (κ3) is 2.61. The summed E-state index contributed by atoms with van der Waals surface area (Å²) in [6.07, 6.45) is 3.03. The van der Waals surface area contributed by atoms with E-state index in [4.69, 9.17) is 0 Å². The molecule has 1 aliphatic carbocycles. The molecule has 5 nitrogen and oxygen atoms in total. The molecule has 0 amide bonds. The molecule has 0 saturated heterocycles. The van der Waals surface area contributed by atoms with Crippen molar-refractivity contribution in [1.29, 1.82) is 0 Å². The van der Waals surface area contributed by atoms with E-state index < -0.39 is 4.92 Å². The highest BCUT2D eigenvalue weighted by molar-refractivity contribution is 5.83. The van der Waals surface area contributed by atoms with Crippen molar-refractivity contribution in [1.82, 2.24) is 0 Å². The number of carbonyl (C=O) groups is 1. The molecule has 1 aromatic carbocycles. The largest absolute Gasteiger partial charge is 0.374 e. The fourth-order valence-electron chi connectivity index (χ4n) is 1.83. The predicted octanol–water partition coefficient (Wildman–Crippen LogP) is 2.25. The van der Waals surface area contributed by atoms with Gasteiger partial charge in [-0.3, -0.25) is 14.9 Å². The van der Waals surface area contributed by atoms with E-state index in [-0.39, 0.29) is 11.3 Å². The Kier molecular flexibility index (Phi) is 3.08. The molecule has 0 aliphatic heterocycles. The number of nitro groups is 1. The maximum Gasteiger partial charge on any atom is 0.280 e. The van der Waals surface area contributed by atoms with Crippen LogP contribution in [-0.4, -0.2) is 24.8 Å². The van der Waals surface area contributed by atoms with Crippen LogP contribution in [0.25, 0.3) is 0 Å². The van der Waals surface area contributed by atoms with Crippen LogP contribution in [0.4, 0.5) is 11.4 Å². The van der Waals surface area contributed by atoms with Crippen molar-refractivity contribution < 1.29 is 9.72 Å². The predicted molar refractivity (Wildman–Crippen MR) is 64.5 cm³/mol. The Balaban J connectivity index is 2.23. The Bertz CT molecular complexity index is 455. The number of hydrogen-bond acceptors (Lipinski definition) is 4. The van der Waals surface area contributed by atoms with Gasteiger partial charge < -0.3 is 4.90 Å². The number of hydrogen-bond donors (Lipinski definition) is 0. The second-order valence-electron chi connectivity index (χ2n) is 4.44. The average Bonchev–Trinajstić information content (AvgIpc) is 3.11. The number of carbonyl (C=O) groups excluding carboxylic acids is 1. The molecule has 0 atom stereocenters. The van der Waals surface area contributed by atoms with Gasteiger partial charge in [-0.25, -0.2) is 0 Å². The Morgan fingerprint density at radius 1 is 1.53 bits per heavy atom. The van der Waals surface area contributed by atoms with Crippen LogP contribution in [-0.2, 0) is 0 Å². The molecular weight excluding hydrogens is 220 g/mol. The minimum atomic E-state index is -0.533. The first-order valence-corrected chi connectivity index (χ1v) is 5.56. The molecule has 0 bridgehead atoms. The lowest BCUT2D eigenvalue weighted by atomic mass is 10.1. The molecule has 1 aliphatic rings. The molecule has 0 radical (unpaired) electrons. The summed E-state index contributed by atoms with van der Waals surface area (Å²) in [5.41, 5.74) is 0.850. The number of rotatable bonds is 5. The molecule has 17 heavy (non-hydrogen) atoms. The zero-order valence-corrected chi connectivity index (χ0v) is 9.63. The van der Waals surface area contributed by atoms with Gasteiger partial charge in [0.2, 0.25) is 0 Å². The first-order chi connectivity index (χ1) is 8.11. The van der Waals surface area contributed by atoms with Crippen molar-refractivity contribution in [3.63, 3.8) is 0 Å². The van der Waals surface area contributed by atoms with Gasteiger partial charge >= 0.3 is 0 Å². The standard InChI is InChI=1S/C12H14N2O3/c1-13(7-9-2-3-9)11-4-5-12(14(16)17)10(6-11)8-15/h4-6,8-9H,2-3,7H2,1H3. The van der Waals surface area contributed by atoms with E-state index in [1.54, 1.807) is 12.1 Å². The van der Waals surface area contributed by atoms with E-state index in [2.05, 4.69) is 0 Å². The van der Waals surface area contributed by atoms with Gasteiger partial charge in [0.1, 0.15) is 0 Å². The minimum absolute atomic E-state index is 0.134. The highest BCUT2D eigenvalue weighted by atomic mass is 16.6. The van der Waals surface area contributed by atoms with Crippen molar-refractivity contribution in [2.24, 2.45) is 5.92 Å². The lowest BCUT2D eigenvalue weighted by molar-refractivity contribution is -0.385. The van der Waals surface area contributed by atoms with Crippen molar-refractivity contribution in [2.75, 3.05) is 18.5 Å². The fourth-order valence-corrected chi connectivity index (χ4v) is 1.83. The van der Waals surface area contributed by atoms with Crippen LogP contribution in [0.1, 0.15) is 23.2 Å². The van der Waals surface area contributed by atoms with E-state index in [0.717, 1.165) is 18.2 Å². The number of anilines is 1. The van der Waals surface area contributed by atoms with Crippen molar-refractivity contribution in [2.45, 2.75) is 12.8 Å². The minimum Gasteiger partial charge on any atom is -0.374 e. The van der Waals surface area contributed by atoms with Gasteiger partial charge in [-0.15, -0.1) is 0 Å². The fraction of sp³-hybridized carbons (Fsp3) is 0.417. The molecule has 0 N–H and O–H groups in total. The molecule has 1 saturated carbocycles.